The highest BCUT2D eigenvalue weighted by molar-refractivity contribution is 6.13. The Morgan fingerprint density at radius 1 is 1.38 bits per heavy atom. The number of carbonyl (C=O) groups is 2. The van der Waals surface area contributed by atoms with E-state index in [1.165, 1.54) is 17.1 Å². The second-order valence-corrected chi connectivity index (χ2v) is 3.64. The standard InChI is InChI=1S/C9H11NO3/c1-9(4-5-13-6-9)10-7(11)2-3-8(10)12/h2-3H,4-6H2,1H3. The van der Waals surface area contributed by atoms with Crippen LogP contribution in [0.25, 0.3) is 0 Å². The van der Waals surface area contributed by atoms with Gasteiger partial charge >= 0.3 is 0 Å². The van der Waals surface area contributed by atoms with Crippen molar-refractivity contribution in [1.29, 1.82) is 0 Å². The lowest BCUT2D eigenvalue weighted by Gasteiger charge is -2.31. The number of hydrogen-bond donors (Lipinski definition) is 0. The highest BCUT2D eigenvalue weighted by atomic mass is 16.5. The fourth-order valence-electron chi connectivity index (χ4n) is 1.76. The molecule has 2 heterocycles. The van der Waals surface area contributed by atoms with Crippen LogP contribution in [0.1, 0.15) is 13.3 Å². The van der Waals surface area contributed by atoms with Crippen LogP contribution in [-0.4, -0.2) is 35.5 Å². The van der Waals surface area contributed by atoms with Crippen LogP contribution in [0.4, 0.5) is 0 Å². The van der Waals surface area contributed by atoms with Gasteiger partial charge in [-0.15, -0.1) is 0 Å². The van der Waals surface area contributed by atoms with Gasteiger partial charge in [-0.05, 0) is 13.3 Å². The van der Waals surface area contributed by atoms with Crippen LogP contribution >= 0.6 is 0 Å². The Bertz CT molecular complexity index is 271. The molecule has 0 bridgehead atoms. The van der Waals surface area contributed by atoms with Gasteiger partial charge in [-0.2, -0.15) is 0 Å². The van der Waals surface area contributed by atoms with Crippen molar-refractivity contribution in [3.63, 3.8) is 0 Å². The summed E-state index contributed by atoms with van der Waals surface area (Å²) in [6, 6.07) is 0. The molecule has 0 aliphatic carbocycles. The highest BCUT2D eigenvalue weighted by Crippen LogP contribution is 2.28. The van der Waals surface area contributed by atoms with Crippen LogP contribution in [0, 0.1) is 0 Å². The van der Waals surface area contributed by atoms with Crippen molar-refractivity contribution < 1.29 is 14.3 Å². The second-order valence-electron chi connectivity index (χ2n) is 3.64. The van der Waals surface area contributed by atoms with E-state index in [4.69, 9.17) is 4.74 Å². The molecule has 13 heavy (non-hydrogen) atoms. The van der Waals surface area contributed by atoms with E-state index in [1.54, 1.807) is 0 Å². The summed E-state index contributed by atoms with van der Waals surface area (Å²) >= 11 is 0. The molecule has 0 aromatic rings. The minimum absolute atomic E-state index is 0.224. The molecule has 1 saturated heterocycles. The summed E-state index contributed by atoms with van der Waals surface area (Å²) in [7, 11) is 0. The van der Waals surface area contributed by atoms with Crippen molar-refractivity contribution in [1.82, 2.24) is 4.90 Å². The predicted molar refractivity (Wildman–Crippen MR) is 44.8 cm³/mol. The molecule has 0 spiro atoms. The molecule has 4 nitrogen and oxygen atoms in total. The zero-order valence-electron chi connectivity index (χ0n) is 7.45. The molecular weight excluding hydrogens is 170 g/mol. The minimum atomic E-state index is -0.433. The maximum absolute atomic E-state index is 11.3. The Hall–Kier alpha value is -1.16. The average molecular weight is 181 g/mol. The smallest absolute Gasteiger partial charge is 0.254 e. The van der Waals surface area contributed by atoms with Crippen molar-refractivity contribution in [2.45, 2.75) is 18.9 Å². The maximum atomic E-state index is 11.3. The Balaban J connectivity index is 2.25. The number of ether oxygens (including phenoxy) is 1. The van der Waals surface area contributed by atoms with Gasteiger partial charge in [0.1, 0.15) is 0 Å². The molecule has 1 atom stereocenters. The van der Waals surface area contributed by atoms with Gasteiger partial charge in [0.15, 0.2) is 0 Å². The third-order valence-corrected chi connectivity index (χ3v) is 2.55. The first kappa shape index (κ1) is 8.44. The van der Waals surface area contributed by atoms with Gasteiger partial charge in [0.25, 0.3) is 11.8 Å². The van der Waals surface area contributed by atoms with E-state index < -0.39 is 5.54 Å². The molecule has 0 radical (unpaired) electrons. The van der Waals surface area contributed by atoms with Crippen molar-refractivity contribution in [2.24, 2.45) is 0 Å². The van der Waals surface area contributed by atoms with E-state index in [1.807, 2.05) is 6.92 Å². The molecule has 2 aliphatic heterocycles. The molecule has 70 valence electrons. The van der Waals surface area contributed by atoms with Gasteiger partial charge in [-0.3, -0.25) is 14.5 Å². The summed E-state index contributed by atoms with van der Waals surface area (Å²) in [4.78, 5) is 24.0. The number of imide groups is 1. The van der Waals surface area contributed by atoms with Crippen LogP contribution in [0.5, 0.6) is 0 Å². The molecular formula is C9H11NO3. The van der Waals surface area contributed by atoms with Crippen molar-refractivity contribution in [2.75, 3.05) is 13.2 Å². The van der Waals surface area contributed by atoms with Gasteiger partial charge < -0.3 is 4.74 Å². The lowest BCUT2D eigenvalue weighted by atomic mass is 9.99. The van der Waals surface area contributed by atoms with Crippen molar-refractivity contribution in [3.05, 3.63) is 12.2 Å². The molecule has 1 unspecified atom stereocenters. The molecule has 2 amide bonds. The first-order valence-corrected chi connectivity index (χ1v) is 4.27. The molecule has 0 aromatic carbocycles. The maximum Gasteiger partial charge on any atom is 0.254 e. The SMILES string of the molecule is CC1(N2C(=O)C=CC2=O)CCOC1. The van der Waals surface area contributed by atoms with E-state index in [0.29, 0.717) is 13.2 Å². The Morgan fingerprint density at radius 2 is 2.00 bits per heavy atom. The van der Waals surface area contributed by atoms with Crippen LogP contribution in [0.3, 0.4) is 0 Å². The van der Waals surface area contributed by atoms with Gasteiger partial charge in [0.05, 0.1) is 12.1 Å². The number of hydrogen-bond acceptors (Lipinski definition) is 3. The van der Waals surface area contributed by atoms with Crippen LogP contribution in [0.15, 0.2) is 12.2 Å². The van der Waals surface area contributed by atoms with Crippen LogP contribution in [0.2, 0.25) is 0 Å². The third-order valence-electron chi connectivity index (χ3n) is 2.55. The van der Waals surface area contributed by atoms with E-state index >= 15 is 0 Å². The summed E-state index contributed by atoms with van der Waals surface area (Å²) in [5.74, 6) is -0.448. The Kier molecular flexibility index (Phi) is 1.73. The van der Waals surface area contributed by atoms with E-state index in [9.17, 15) is 9.59 Å². The number of nitrogens with zero attached hydrogens (tertiary/aromatic N) is 1. The average Bonchev–Trinajstić information content (AvgIpc) is 2.60. The molecule has 0 N–H and O–H groups in total. The fraction of sp³-hybridized carbons (Fsp3) is 0.556. The van der Waals surface area contributed by atoms with Gasteiger partial charge in [0, 0.05) is 18.8 Å². The van der Waals surface area contributed by atoms with Crippen LogP contribution < -0.4 is 0 Å². The second kappa shape index (κ2) is 2.67. The van der Waals surface area contributed by atoms with E-state index in [0.717, 1.165) is 6.42 Å². The third kappa shape index (κ3) is 1.18. The number of rotatable bonds is 1. The molecule has 0 saturated carbocycles. The fourth-order valence-corrected chi connectivity index (χ4v) is 1.76. The summed E-state index contributed by atoms with van der Waals surface area (Å²) in [5.41, 5.74) is -0.433. The number of amides is 2. The predicted octanol–water partition coefficient (Wildman–Crippen LogP) is 0.0904. The lowest BCUT2D eigenvalue weighted by Crippen LogP contribution is -2.50. The molecule has 4 heteroatoms. The Labute approximate surface area is 76.2 Å². The molecule has 2 rings (SSSR count). The first-order valence-electron chi connectivity index (χ1n) is 4.27. The molecule has 2 aliphatic rings. The zero-order valence-corrected chi connectivity index (χ0v) is 7.45. The van der Waals surface area contributed by atoms with E-state index in [-0.39, 0.29) is 11.8 Å². The monoisotopic (exact) mass is 181 g/mol. The van der Waals surface area contributed by atoms with Gasteiger partial charge in [-0.25, -0.2) is 0 Å². The number of carbonyl (C=O) groups excluding carboxylic acids is 2. The molecule has 1 fully saturated rings. The van der Waals surface area contributed by atoms with Gasteiger partial charge in [-0.1, -0.05) is 0 Å². The summed E-state index contributed by atoms with van der Waals surface area (Å²) in [6.07, 6.45) is 3.35. The van der Waals surface area contributed by atoms with Gasteiger partial charge in [0.2, 0.25) is 0 Å². The normalized spacial score (nSPS) is 33.5. The largest absolute Gasteiger partial charge is 0.379 e. The lowest BCUT2D eigenvalue weighted by molar-refractivity contribution is -0.143. The van der Waals surface area contributed by atoms with Crippen LogP contribution in [-0.2, 0) is 14.3 Å². The quantitative estimate of drug-likeness (QED) is 0.538. The molecule has 0 aromatic heterocycles. The summed E-state index contributed by atoms with van der Waals surface area (Å²) in [5, 5.41) is 0. The highest BCUT2D eigenvalue weighted by Gasteiger charge is 2.43. The van der Waals surface area contributed by atoms with Crippen molar-refractivity contribution >= 4 is 11.8 Å². The topological polar surface area (TPSA) is 46.6 Å². The van der Waals surface area contributed by atoms with Crippen molar-refractivity contribution in [3.8, 4) is 0 Å². The summed E-state index contributed by atoms with van der Waals surface area (Å²) < 4.78 is 5.20. The minimum Gasteiger partial charge on any atom is -0.379 e. The first-order chi connectivity index (χ1) is 6.13. The van der Waals surface area contributed by atoms with E-state index in [2.05, 4.69) is 0 Å². The Morgan fingerprint density at radius 3 is 2.46 bits per heavy atom. The zero-order chi connectivity index (χ0) is 9.47. The summed E-state index contributed by atoms with van der Waals surface area (Å²) in [6.45, 7) is 2.95.